The molecule has 0 unspecified atom stereocenters. The second kappa shape index (κ2) is 7.58. The second-order valence-corrected chi connectivity index (χ2v) is 5.58. The lowest BCUT2D eigenvalue weighted by atomic mass is 10.1. The topological polar surface area (TPSA) is 54.0 Å². The number of rotatable bonds is 3. The number of benzene rings is 1. The number of urea groups is 1. The number of carbonyl (C=O) groups is 1. The van der Waals surface area contributed by atoms with Gasteiger partial charge in [0, 0.05) is 38.4 Å². The zero-order valence-corrected chi connectivity index (χ0v) is 12.8. The van der Waals surface area contributed by atoms with Gasteiger partial charge in [-0.2, -0.15) is 0 Å². The molecule has 0 atom stereocenters. The van der Waals surface area contributed by atoms with Crippen LogP contribution in [-0.2, 0) is 16.0 Å². The second-order valence-electron chi connectivity index (χ2n) is 5.58. The van der Waals surface area contributed by atoms with Crippen LogP contribution in [0.5, 0.6) is 0 Å². The van der Waals surface area contributed by atoms with E-state index in [1.807, 2.05) is 18.2 Å². The van der Waals surface area contributed by atoms with Crippen molar-refractivity contribution < 1.29 is 14.3 Å². The van der Waals surface area contributed by atoms with Crippen LogP contribution in [0.1, 0.15) is 5.56 Å². The highest BCUT2D eigenvalue weighted by Gasteiger charge is 2.18. The lowest BCUT2D eigenvalue weighted by Crippen LogP contribution is -2.43. The quantitative estimate of drug-likeness (QED) is 0.917. The van der Waals surface area contributed by atoms with Crippen LogP contribution in [0.3, 0.4) is 0 Å². The van der Waals surface area contributed by atoms with E-state index >= 15 is 0 Å². The Morgan fingerprint density at radius 2 is 1.64 bits per heavy atom. The van der Waals surface area contributed by atoms with Crippen molar-refractivity contribution in [2.75, 3.05) is 57.9 Å². The highest BCUT2D eigenvalue weighted by molar-refractivity contribution is 5.90. The van der Waals surface area contributed by atoms with E-state index in [2.05, 4.69) is 16.3 Å². The van der Waals surface area contributed by atoms with Gasteiger partial charge in [0.05, 0.1) is 26.4 Å². The van der Waals surface area contributed by atoms with Crippen molar-refractivity contribution in [1.29, 1.82) is 0 Å². The van der Waals surface area contributed by atoms with Crippen molar-refractivity contribution in [2.45, 2.75) is 6.54 Å². The van der Waals surface area contributed by atoms with Crippen LogP contribution in [0.15, 0.2) is 24.3 Å². The maximum Gasteiger partial charge on any atom is 0.322 e. The van der Waals surface area contributed by atoms with Gasteiger partial charge in [-0.05, 0) is 11.6 Å². The molecule has 2 fully saturated rings. The minimum atomic E-state index is -0.0438. The minimum Gasteiger partial charge on any atom is -0.379 e. The van der Waals surface area contributed by atoms with Gasteiger partial charge >= 0.3 is 6.03 Å². The van der Waals surface area contributed by atoms with Crippen LogP contribution in [0.4, 0.5) is 10.5 Å². The Morgan fingerprint density at radius 1 is 1.00 bits per heavy atom. The molecule has 0 saturated carbocycles. The summed E-state index contributed by atoms with van der Waals surface area (Å²) in [7, 11) is 0. The number of nitrogens with one attached hydrogen (secondary N) is 1. The average molecular weight is 305 g/mol. The first kappa shape index (κ1) is 15.3. The molecule has 1 aromatic rings. The van der Waals surface area contributed by atoms with Gasteiger partial charge in [0.1, 0.15) is 0 Å². The lowest BCUT2D eigenvalue weighted by Gasteiger charge is -2.29. The summed E-state index contributed by atoms with van der Waals surface area (Å²) in [6.07, 6.45) is 0. The van der Waals surface area contributed by atoms with Gasteiger partial charge in [-0.1, -0.05) is 18.2 Å². The molecule has 0 aromatic heterocycles. The number of morpholine rings is 2. The highest BCUT2D eigenvalue weighted by Crippen LogP contribution is 2.18. The Hall–Kier alpha value is -1.63. The van der Waals surface area contributed by atoms with E-state index in [1.165, 1.54) is 0 Å². The van der Waals surface area contributed by atoms with Crippen LogP contribution in [0, 0.1) is 0 Å². The van der Waals surface area contributed by atoms with Gasteiger partial charge in [0.15, 0.2) is 0 Å². The summed E-state index contributed by atoms with van der Waals surface area (Å²) in [6, 6.07) is 7.97. The highest BCUT2D eigenvalue weighted by atomic mass is 16.5. The molecule has 2 saturated heterocycles. The van der Waals surface area contributed by atoms with Gasteiger partial charge in [-0.25, -0.2) is 4.79 Å². The Balaban J connectivity index is 1.63. The minimum absolute atomic E-state index is 0.0438. The maximum atomic E-state index is 12.3. The van der Waals surface area contributed by atoms with Crippen LogP contribution >= 0.6 is 0 Å². The summed E-state index contributed by atoms with van der Waals surface area (Å²) in [6.45, 7) is 6.80. The molecule has 2 aliphatic heterocycles. The summed E-state index contributed by atoms with van der Waals surface area (Å²) in [5.41, 5.74) is 2.04. The van der Waals surface area contributed by atoms with Crippen molar-refractivity contribution >= 4 is 11.7 Å². The third-order valence-corrected chi connectivity index (χ3v) is 4.05. The molecule has 0 bridgehead atoms. The first-order valence-electron chi connectivity index (χ1n) is 7.84. The Morgan fingerprint density at radius 3 is 2.36 bits per heavy atom. The molecule has 6 heteroatoms. The number of amides is 2. The summed E-state index contributed by atoms with van der Waals surface area (Å²) in [4.78, 5) is 16.5. The number of hydrogen-bond donors (Lipinski definition) is 1. The fourth-order valence-electron chi connectivity index (χ4n) is 2.74. The first-order chi connectivity index (χ1) is 10.8. The predicted molar refractivity (Wildman–Crippen MR) is 83.9 cm³/mol. The van der Waals surface area contributed by atoms with E-state index in [4.69, 9.17) is 9.47 Å². The molecule has 0 radical (unpaired) electrons. The van der Waals surface area contributed by atoms with E-state index in [9.17, 15) is 4.79 Å². The normalized spacial score (nSPS) is 19.9. The zero-order chi connectivity index (χ0) is 15.2. The summed E-state index contributed by atoms with van der Waals surface area (Å²) in [5.74, 6) is 0. The van der Waals surface area contributed by atoms with Crippen LogP contribution in [-0.4, -0.2) is 68.4 Å². The van der Waals surface area contributed by atoms with Crippen LogP contribution < -0.4 is 5.32 Å². The molecule has 3 rings (SSSR count). The molecule has 2 heterocycles. The molecule has 2 amide bonds. The fraction of sp³-hybridized carbons (Fsp3) is 0.562. The van der Waals surface area contributed by atoms with Gasteiger partial charge in [-0.15, -0.1) is 0 Å². The number of carbonyl (C=O) groups excluding carboxylic acids is 1. The lowest BCUT2D eigenvalue weighted by molar-refractivity contribution is 0.0342. The zero-order valence-electron chi connectivity index (χ0n) is 12.8. The Kier molecular flexibility index (Phi) is 5.26. The van der Waals surface area contributed by atoms with E-state index in [0.717, 1.165) is 44.1 Å². The van der Waals surface area contributed by atoms with Crippen molar-refractivity contribution in [2.24, 2.45) is 0 Å². The number of anilines is 1. The predicted octanol–water partition coefficient (Wildman–Crippen LogP) is 1.38. The van der Waals surface area contributed by atoms with Crippen molar-refractivity contribution in [3.8, 4) is 0 Å². The van der Waals surface area contributed by atoms with E-state index in [1.54, 1.807) is 4.90 Å². The monoisotopic (exact) mass is 305 g/mol. The number of hydrogen-bond acceptors (Lipinski definition) is 4. The van der Waals surface area contributed by atoms with Gasteiger partial charge in [0.2, 0.25) is 0 Å². The third kappa shape index (κ3) is 3.97. The molecule has 0 spiro atoms. The first-order valence-corrected chi connectivity index (χ1v) is 7.84. The molecular weight excluding hydrogens is 282 g/mol. The SMILES string of the molecule is O=C(Nc1ccccc1CN1CCOCC1)N1CCOCC1. The van der Waals surface area contributed by atoms with Crippen LogP contribution in [0.2, 0.25) is 0 Å². The van der Waals surface area contributed by atoms with Crippen molar-refractivity contribution in [3.05, 3.63) is 29.8 Å². The number of ether oxygens (including phenoxy) is 2. The largest absolute Gasteiger partial charge is 0.379 e. The maximum absolute atomic E-state index is 12.3. The summed E-state index contributed by atoms with van der Waals surface area (Å²) >= 11 is 0. The average Bonchev–Trinajstić information content (AvgIpc) is 2.58. The standard InChI is InChI=1S/C16H23N3O3/c20-16(19-7-11-22-12-8-19)17-15-4-2-1-3-14(15)13-18-5-9-21-10-6-18/h1-4H,5-13H2,(H,17,20). The molecule has 2 aliphatic rings. The van der Waals surface area contributed by atoms with E-state index in [0.29, 0.717) is 26.3 Å². The van der Waals surface area contributed by atoms with Gasteiger partial charge in [0.25, 0.3) is 0 Å². The van der Waals surface area contributed by atoms with E-state index < -0.39 is 0 Å². The fourth-order valence-corrected chi connectivity index (χ4v) is 2.74. The molecule has 6 nitrogen and oxygen atoms in total. The third-order valence-electron chi connectivity index (χ3n) is 4.05. The smallest absolute Gasteiger partial charge is 0.322 e. The number of nitrogens with zero attached hydrogens (tertiary/aromatic N) is 2. The Labute approximate surface area is 131 Å². The Bertz CT molecular complexity index is 497. The van der Waals surface area contributed by atoms with Crippen molar-refractivity contribution in [1.82, 2.24) is 9.80 Å². The van der Waals surface area contributed by atoms with E-state index in [-0.39, 0.29) is 6.03 Å². The van der Waals surface area contributed by atoms with Gasteiger partial charge in [-0.3, -0.25) is 4.90 Å². The van der Waals surface area contributed by atoms with Gasteiger partial charge < -0.3 is 19.7 Å². The molecule has 22 heavy (non-hydrogen) atoms. The molecular formula is C16H23N3O3. The molecule has 1 aromatic carbocycles. The number of para-hydroxylation sites is 1. The van der Waals surface area contributed by atoms with Crippen molar-refractivity contribution in [3.63, 3.8) is 0 Å². The molecule has 1 N–H and O–H groups in total. The van der Waals surface area contributed by atoms with Crippen LogP contribution in [0.25, 0.3) is 0 Å². The summed E-state index contributed by atoms with van der Waals surface area (Å²) in [5, 5.41) is 3.04. The molecule has 0 aliphatic carbocycles. The molecule has 120 valence electrons. The summed E-state index contributed by atoms with van der Waals surface area (Å²) < 4.78 is 10.7.